The van der Waals surface area contributed by atoms with Crippen LogP contribution in [-0.2, 0) is 4.79 Å². The Morgan fingerprint density at radius 1 is 1.64 bits per heavy atom. The molecule has 76 valence electrons. The minimum absolute atomic E-state index is 0.0348. The van der Waals surface area contributed by atoms with Crippen molar-refractivity contribution in [1.29, 1.82) is 0 Å². The van der Waals surface area contributed by atoms with E-state index in [1.54, 1.807) is 4.90 Å². The van der Waals surface area contributed by atoms with E-state index in [1.165, 1.54) is 11.5 Å². The highest BCUT2D eigenvalue weighted by atomic mass is 32.1. The van der Waals surface area contributed by atoms with Gasteiger partial charge in [0.25, 0.3) is 0 Å². The van der Waals surface area contributed by atoms with Gasteiger partial charge >= 0.3 is 0 Å². The van der Waals surface area contributed by atoms with Gasteiger partial charge in [0.05, 0.1) is 6.04 Å². The maximum absolute atomic E-state index is 11.7. The summed E-state index contributed by atoms with van der Waals surface area (Å²) < 4.78 is 4.05. The van der Waals surface area contributed by atoms with Gasteiger partial charge in [-0.05, 0) is 19.8 Å². The van der Waals surface area contributed by atoms with Crippen molar-refractivity contribution in [3.8, 4) is 0 Å². The van der Waals surface area contributed by atoms with E-state index in [0.29, 0.717) is 17.5 Å². The van der Waals surface area contributed by atoms with Crippen LogP contribution in [-0.4, -0.2) is 27.9 Å². The van der Waals surface area contributed by atoms with Crippen molar-refractivity contribution in [3.63, 3.8) is 0 Å². The SMILES string of the molecule is Cc1nsc(N2CCCC(N)C2=O)n1. The van der Waals surface area contributed by atoms with Gasteiger partial charge in [-0.2, -0.15) is 4.37 Å². The van der Waals surface area contributed by atoms with Crippen molar-refractivity contribution in [1.82, 2.24) is 9.36 Å². The molecule has 2 rings (SSSR count). The molecule has 1 fully saturated rings. The fourth-order valence-corrected chi connectivity index (χ4v) is 2.20. The van der Waals surface area contributed by atoms with Crippen LogP contribution in [0.15, 0.2) is 0 Å². The van der Waals surface area contributed by atoms with Crippen LogP contribution in [0.25, 0.3) is 0 Å². The highest BCUT2D eigenvalue weighted by Gasteiger charge is 2.28. The summed E-state index contributed by atoms with van der Waals surface area (Å²) in [6.45, 7) is 2.52. The van der Waals surface area contributed by atoms with E-state index in [4.69, 9.17) is 5.73 Å². The quantitative estimate of drug-likeness (QED) is 0.726. The first kappa shape index (κ1) is 9.54. The van der Waals surface area contributed by atoms with Gasteiger partial charge in [0.15, 0.2) is 0 Å². The summed E-state index contributed by atoms with van der Waals surface area (Å²) in [6.07, 6.45) is 1.71. The molecule has 0 aromatic carbocycles. The summed E-state index contributed by atoms with van der Waals surface area (Å²) in [5.41, 5.74) is 5.68. The molecule has 1 saturated heterocycles. The number of rotatable bonds is 1. The van der Waals surface area contributed by atoms with Crippen molar-refractivity contribution in [2.45, 2.75) is 25.8 Å². The van der Waals surface area contributed by atoms with Crippen molar-refractivity contribution in [3.05, 3.63) is 5.82 Å². The lowest BCUT2D eigenvalue weighted by atomic mass is 10.1. The minimum atomic E-state index is -0.368. The molecule has 1 aliphatic heterocycles. The zero-order chi connectivity index (χ0) is 10.1. The van der Waals surface area contributed by atoms with Crippen molar-refractivity contribution in [2.75, 3.05) is 11.4 Å². The minimum Gasteiger partial charge on any atom is -0.320 e. The predicted octanol–water partition coefficient (Wildman–Crippen LogP) is 0.301. The van der Waals surface area contributed by atoms with Crippen LogP contribution in [0.2, 0.25) is 0 Å². The Bertz CT molecular complexity index is 351. The molecule has 1 amide bonds. The van der Waals surface area contributed by atoms with Crippen LogP contribution in [0.4, 0.5) is 5.13 Å². The molecule has 1 aromatic rings. The Balaban J connectivity index is 2.21. The number of aryl methyl sites for hydroxylation is 1. The highest BCUT2D eigenvalue weighted by molar-refractivity contribution is 7.09. The van der Waals surface area contributed by atoms with Gasteiger partial charge in [0.2, 0.25) is 11.0 Å². The van der Waals surface area contributed by atoms with Crippen LogP contribution >= 0.6 is 11.5 Å². The number of amides is 1. The van der Waals surface area contributed by atoms with Crippen molar-refractivity contribution in [2.24, 2.45) is 5.73 Å². The summed E-state index contributed by atoms with van der Waals surface area (Å²) in [7, 11) is 0. The molecule has 1 unspecified atom stereocenters. The maximum atomic E-state index is 11.7. The van der Waals surface area contributed by atoms with Crippen molar-refractivity contribution < 1.29 is 4.79 Å². The third kappa shape index (κ3) is 1.62. The number of hydrogen-bond donors (Lipinski definition) is 1. The van der Waals surface area contributed by atoms with Gasteiger partial charge in [-0.3, -0.25) is 9.69 Å². The van der Waals surface area contributed by atoms with Crippen molar-refractivity contribution >= 4 is 22.6 Å². The van der Waals surface area contributed by atoms with Gasteiger partial charge in [-0.25, -0.2) is 4.98 Å². The number of carbonyl (C=O) groups excluding carboxylic acids is 1. The summed E-state index contributed by atoms with van der Waals surface area (Å²) in [5, 5.41) is 0.669. The first-order valence-corrected chi connectivity index (χ1v) is 5.33. The molecule has 2 N–H and O–H groups in total. The number of nitrogens with two attached hydrogens (primary N) is 1. The lowest BCUT2D eigenvalue weighted by Gasteiger charge is -2.27. The van der Waals surface area contributed by atoms with E-state index in [1.807, 2.05) is 6.92 Å². The van der Waals surface area contributed by atoms with Gasteiger partial charge in [-0.15, -0.1) is 0 Å². The van der Waals surface area contributed by atoms with E-state index >= 15 is 0 Å². The van der Waals surface area contributed by atoms with Crippen LogP contribution in [0.5, 0.6) is 0 Å². The predicted molar refractivity (Wildman–Crippen MR) is 54.2 cm³/mol. The molecular weight excluding hydrogens is 200 g/mol. The number of nitrogens with zero attached hydrogens (tertiary/aromatic N) is 3. The molecule has 6 heteroatoms. The van der Waals surface area contributed by atoms with Gasteiger partial charge in [0.1, 0.15) is 5.82 Å². The average Bonchev–Trinajstić information content (AvgIpc) is 2.57. The molecule has 0 radical (unpaired) electrons. The Hall–Kier alpha value is -1.01. The highest BCUT2D eigenvalue weighted by Crippen LogP contribution is 2.21. The molecule has 0 aliphatic carbocycles. The van der Waals surface area contributed by atoms with Crippen LogP contribution in [0, 0.1) is 6.92 Å². The molecule has 2 heterocycles. The second kappa shape index (κ2) is 3.62. The Morgan fingerprint density at radius 3 is 3.07 bits per heavy atom. The number of piperidine rings is 1. The van der Waals surface area contributed by atoms with E-state index in [9.17, 15) is 4.79 Å². The van der Waals surface area contributed by atoms with E-state index < -0.39 is 0 Å². The summed E-state index contributed by atoms with van der Waals surface area (Å²) in [4.78, 5) is 17.5. The number of hydrogen-bond acceptors (Lipinski definition) is 5. The van der Waals surface area contributed by atoms with Crippen LogP contribution in [0.3, 0.4) is 0 Å². The summed E-state index contributed by atoms with van der Waals surface area (Å²) in [6, 6.07) is -0.368. The fourth-order valence-electron chi connectivity index (χ4n) is 1.49. The number of carbonyl (C=O) groups is 1. The Labute approximate surface area is 86.1 Å². The van der Waals surface area contributed by atoms with Gasteiger partial charge in [0, 0.05) is 18.1 Å². The molecule has 0 bridgehead atoms. The summed E-state index contributed by atoms with van der Waals surface area (Å²) in [5.74, 6) is 0.671. The van der Waals surface area contributed by atoms with E-state index in [-0.39, 0.29) is 11.9 Å². The zero-order valence-corrected chi connectivity index (χ0v) is 8.75. The molecule has 14 heavy (non-hydrogen) atoms. The molecule has 1 aliphatic rings. The topological polar surface area (TPSA) is 72.1 Å². The second-order valence-corrected chi connectivity index (χ2v) is 4.09. The molecule has 0 saturated carbocycles. The molecule has 1 aromatic heterocycles. The third-order valence-electron chi connectivity index (χ3n) is 2.23. The van der Waals surface area contributed by atoms with E-state index in [2.05, 4.69) is 9.36 Å². The lowest BCUT2D eigenvalue weighted by Crippen LogP contribution is -2.48. The van der Waals surface area contributed by atoms with Crippen LogP contribution < -0.4 is 10.6 Å². The Kier molecular flexibility index (Phi) is 2.47. The smallest absolute Gasteiger partial charge is 0.245 e. The number of aromatic nitrogens is 2. The largest absolute Gasteiger partial charge is 0.320 e. The molecule has 0 spiro atoms. The molecular formula is C8H12N4OS. The van der Waals surface area contributed by atoms with Gasteiger partial charge < -0.3 is 5.73 Å². The third-order valence-corrected chi connectivity index (χ3v) is 3.06. The monoisotopic (exact) mass is 212 g/mol. The zero-order valence-electron chi connectivity index (χ0n) is 7.93. The molecule has 5 nitrogen and oxygen atoms in total. The number of anilines is 1. The normalized spacial score (nSPS) is 22.9. The molecule has 1 atom stereocenters. The average molecular weight is 212 g/mol. The first-order chi connectivity index (χ1) is 6.68. The summed E-state index contributed by atoms with van der Waals surface area (Å²) >= 11 is 1.25. The second-order valence-electron chi connectivity index (χ2n) is 3.36. The van der Waals surface area contributed by atoms with E-state index in [0.717, 1.165) is 12.8 Å². The van der Waals surface area contributed by atoms with Gasteiger partial charge in [-0.1, -0.05) is 0 Å². The fraction of sp³-hybridized carbons (Fsp3) is 0.625. The Morgan fingerprint density at radius 2 is 2.43 bits per heavy atom. The first-order valence-electron chi connectivity index (χ1n) is 4.56. The lowest BCUT2D eigenvalue weighted by molar-refractivity contribution is -0.120. The van der Waals surface area contributed by atoms with Crippen LogP contribution in [0.1, 0.15) is 18.7 Å². The standard InChI is InChI=1S/C8H12N4OS/c1-5-10-8(14-11-5)12-4-2-3-6(9)7(12)13/h6H,2-4,9H2,1H3. The maximum Gasteiger partial charge on any atom is 0.245 e.